The lowest BCUT2D eigenvalue weighted by atomic mass is 10.3. The first-order chi connectivity index (χ1) is 10.8. The maximum Gasteiger partial charge on any atom is 0.245 e. The molecule has 0 aliphatic carbocycles. The van der Waals surface area contributed by atoms with E-state index in [-0.39, 0.29) is 6.61 Å². The third kappa shape index (κ3) is 2.71. The minimum atomic E-state index is 0.104. The molecule has 0 radical (unpaired) electrons. The van der Waals surface area contributed by atoms with E-state index in [1.165, 1.54) is 6.33 Å². The molecule has 0 saturated heterocycles. The Bertz CT molecular complexity index is 757. The van der Waals surface area contributed by atoms with Gasteiger partial charge in [-0.25, -0.2) is 9.97 Å². The summed E-state index contributed by atoms with van der Waals surface area (Å²) < 4.78 is 7.17. The molecule has 0 atom stereocenters. The first-order valence-electron chi connectivity index (χ1n) is 7.01. The van der Waals surface area contributed by atoms with Crippen molar-refractivity contribution in [1.82, 2.24) is 19.5 Å². The number of methoxy groups -OCH3 is 1. The smallest absolute Gasteiger partial charge is 0.245 e. The number of hydrogen-bond acceptors (Lipinski definition) is 6. The zero-order valence-corrected chi connectivity index (χ0v) is 12.2. The number of hydrogen-bond donors (Lipinski definition) is 2. The van der Waals surface area contributed by atoms with Crippen molar-refractivity contribution in [2.24, 2.45) is 0 Å². The number of aliphatic hydroxyl groups excluding tert-OH is 1. The van der Waals surface area contributed by atoms with Gasteiger partial charge in [0.25, 0.3) is 0 Å². The SMILES string of the molecule is COc1ncnc2c1nc(Nc1ccccc1)n2CCCO. The van der Waals surface area contributed by atoms with Crippen LogP contribution in [0.25, 0.3) is 11.2 Å². The van der Waals surface area contributed by atoms with Crippen molar-refractivity contribution < 1.29 is 9.84 Å². The Morgan fingerprint density at radius 2 is 2.05 bits per heavy atom. The molecule has 0 unspecified atom stereocenters. The average molecular weight is 299 g/mol. The van der Waals surface area contributed by atoms with Crippen LogP contribution in [-0.2, 0) is 6.54 Å². The highest BCUT2D eigenvalue weighted by Gasteiger charge is 2.16. The van der Waals surface area contributed by atoms with E-state index in [1.807, 2.05) is 34.9 Å². The number of para-hydroxylation sites is 1. The minimum absolute atomic E-state index is 0.104. The summed E-state index contributed by atoms with van der Waals surface area (Å²) in [6.07, 6.45) is 2.06. The Kier molecular flexibility index (Phi) is 4.15. The van der Waals surface area contributed by atoms with Crippen LogP contribution < -0.4 is 10.1 Å². The van der Waals surface area contributed by atoms with Gasteiger partial charge in [0.1, 0.15) is 6.33 Å². The van der Waals surface area contributed by atoms with E-state index in [0.717, 1.165) is 5.69 Å². The molecule has 0 spiro atoms. The van der Waals surface area contributed by atoms with Crippen molar-refractivity contribution in [2.75, 3.05) is 19.0 Å². The molecule has 2 N–H and O–H groups in total. The highest BCUT2D eigenvalue weighted by atomic mass is 16.5. The number of benzene rings is 1. The third-order valence-corrected chi connectivity index (χ3v) is 3.26. The summed E-state index contributed by atoms with van der Waals surface area (Å²) in [5, 5.41) is 12.4. The Morgan fingerprint density at radius 3 is 2.77 bits per heavy atom. The third-order valence-electron chi connectivity index (χ3n) is 3.26. The van der Waals surface area contributed by atoms with Crippen LogP contribution >= 0.6 is 0 Å². The molecule has 0 aliphatic rings. The molecule has 1 aromatic carbocycles. The number of rotatable bonds is 6. The van der Waals surface area contributed by atoms with E-state index in [9.17, 15) is 0 Å². The zero-order valence-electron chi connectivity index (χ0n) is 12.2. The molecule has 0 saturated carbocycles. The predicted octanol–water partition coefficient (Wildman–Crippen LogP) is 1.96. The Balaban J connectivity index is 2.06. The van der Waals surface area contributed by atoms with Crippen molar-refractivity contribution in [2.45, 2.75) is 13.0 Å². The van der Waals surface area contributed by atoms with Gasteiger partial charge in [-0.2, -0.15) is 4.98 Å². The fraction of sp³-hybridized carbons (Fsp3) is 0.267. The van der Waals surface area contributed by atoms with Gasteiger partial charge in [-0.3, -0.25) is 4.57 Å². The quantitative estimate of drug-likeness (QED) is 0.724. The molecule has 7 heteroatoms. The molecule has 3 aromatic rings. The van der Waals surface area contributed by atoms with Crippen molar-refractivity contribution in [3.8, 4) is 5.88 Å². The predicted molar refractivity (Wildman–Crippen MR) is 83.3 cm³/mol. The number of aromatic nitrogens is 4. The lowest BCUT2D eigenvalue weighted by Crippen LogP contribution is -2.06. The second-order valence-electron chi connectivity index (χ2n) is 4.71. The van der Waals surface area contributed by atoms with Crippen molar-refractivity contribution in [3.05, 3.63) is 36.7 Å². The van der Waals surface area contributed by atoms with Crippen molar-refractivity contribution in [3.63, 3.8) is 0 Å². The molecule has 114 valence electrons. The summed E-state index contributed by atoms with van der Waals surface area (Å²) in [4.78, 5) is 12.9. The second-order valence-corrected chi connectivity index (χ2v) is 4.71. The standard InChI is InChI=1S/C15H17N5O2/c1-22-14-12-13(16-10-17-14)20(8-5-9-21)15(19-12)18-11-6-3-2-4-7-11/h2-4,6-7,10,21H,5,8-9H2,1H3,(H,18,19). The average Bonchev–Trinajstić information content (AvgIpc) is 2.91. The number of aliphatic hydroxyl groups is 1. The van der Waals surface area contributed by atoms with Gasteiger partial charge in [0.15, 0.2) is 11.2 Å². The van der Waals surface area contributed by atoms with Crippen LogP contribution in [-0.4, -0.2) is 38.3 Å². The van der Waals surface area contributed by atoms with Gasteiger partial charge < -0.3 is 15.2 Å². The Morgan fingerprint density at radius 1 is 1.23 bits per heavy atom. The maximum absolute atomic E-state index is 9.11. The summed E-state index contributed by atoms with van der Waals surface area (Å²) in [6, 6.07) is 9.76. The molecule has 0 bridgehead atoms. The summed E-state index contributed by atoms with van der Waals surface area (Å²) >= 11 is 0. The molecule has 0 amide bonds. The van der Waals surface area contributed by atoms with E-state index in [2.05, 4.69) is 20.3 Å². The number of anilines is 2. The Labute approximate surface area is 127 Å². The van der Waals surface area contributed by atoms with Gasteiger partial charge in [-0.15, -0.1) is 0 Å². The highest BCUT2D eigenvalue weighted by molar-refractivity contribution is 5.80. The lowest BCUT2D eigenvalue weighted by molar-refractivity contribution is 0.280. The largest absolute Gasteiger partial charge is 0.479 e. The topological polar surface area (TPSA) is 85.1 Å². The van der Waals surface area contributed by atoms with Gasteiger partial charge in [-0.05, 0) is 18.6 Å². The van der Waals surface area contributed by atoms with Crippen LogP contribution in [0.15, 0.2) is 36.7 Å². The number of aryl methyl sites for hydroxylation is 1. The van der Waals surface area contributed by atoms with E-state index < -0.39 is 0 Å². The molecule has 3 rings (SSSR count). The molecule has 0 fully saturated rings. The van der Waals surface area contributed by atoms with E-state index >= 15 is 0 Å². The fourth-order valence-electron chi connectivity index (χ4n) is 2.25. The first-order valence-corrected chi connectivity index (χ1v) is 7.01. The van der Waals surface area contributed by atoms with Crippen LogP contribution in [0.2, 0.25) is 0 Å². The van der Waals surface area contributed by atoms with Crippen LogP contribution in [0.4, 0.5) is 11.6 Å². The summed E-state index contributed by atoms with van der Waals surface area (Å²) in [5.74, 6) is 1.08. The lowest BCUT2D eigenvalue weighted by Gasteiger charge is -2.09. The molecular weight excluding hydrogens is 282 g/mol. The molecule has 7 nitrogen and oxygen atoms in total. The van der Waals surface area contributed by atoms with Gasteiger partial charge in [0.2, 0.25) is 11.8 Å². The number of ether oxygens (including phenoxy) is 1. The second kappa shape index (κ2) is 6.40. The molecule has 2 heterocycles. The minimum Gasteiger partial charge on any atom is -0.479 e. The van der Waals surface area contributed by atoms with Gasteiger partial charge in [0, 0.05) is 18.8 Å². The van der Waals surface area contributed by atoms with Crippen molar-refractivity contribution in [1.29, 1.82) is 0 Å². The van der Waals surface area contributed by atoms with Crippen LogP contribution in [0.5, 0.6) is 5.88 Å². The number of nitrogens with one attached hydrogen (secondary N) is 1. The van der Waals surface area contributed by atoms with Crippen LogP contribution in [0.3, 0.4) is 0 Å². The highest BCUT2D eigenvalue weighted by Crippen LogP contribution is 2.26. The molecule has 0 aliphatic heterocycles. The van der Waals surface area contributed by atoms with Crippen LogP contribution in [0, 0.1) is 0 Å². The number of nitrogens with zero attached hydrogens (tertiary/aromatic N) is 4. The molecular formula is C15H17N5O2. The maximum atomic E-state index is 9.11. The number of imidazole rings is 1. The van der Waals surface area contributed by atoms with E-state index in [4.69, 9.17) is 9.84 Å². The van der Waals surface area contributed by atoms with Gasteiger partial charge >= 0.3 is 0 Å². The Hall–Kier alpha value is -2.67. The van der Waals surface area contributed by atoms with Gasteiger partial charge in [-0.1, -0.05) is 18.2 Å². The summed E-state index contributed by atoms with van der Waals surface area (Å²) in [7, 11) is 1.55. The monoisotopic (exact) mass is 299 g/mol. The zero-order chi connectivity index (χ0) is 15.4. The van der Waals surface area contributed by atoms with E-state index in [1.54, 1.807) is 7.11 Å². The molecule has 2 aromatic heterocycles. The van der Waals surface area contributed by atoms with Crippen molar-refractivity contribution >= 4 is 22.8 Å². The summed E-state index contributed by atoms with van der Waals surface area (Å²) in [5.41, 5.74) is 2.20. The normalized spacial score (nSPS) is 10.8. The number of fused-ring (bicyclic) bond motifs is 1. The summed E-state index contributed by atoms with van der Waals surface area (Å²) in [6.45, 7) is 0.703. The first kappa shape index (κ1) is 14.3. The van der Waals surface area contributed by atoms with E-state index in [0.29, 0.717) is 36.0 Å². The molecule has 22 heavy (non-hydrogen) atoms. The van der Waals surface area contributed by atoms with Gasteiger partial charge in [0.05, 0.1) is 7.11 Å². The fourth-order valence-corrected chi connectivity index (χ4v) is 2.25. The van der Waals surface area contributed by atoms with Crippen LogP contribution in [0.1, 0.15) is 6.42 Å².